The van der Waals surface area contributed by atoms with Crippen molar-refractivity contribution in [1.29, 1.82) is 0 Å². The van der Waals surface area contributed by atoms with E-state index in [0.717, 1.165) is 21.9 Å². The molecule has 6 nitrogen and oxygen atoms in total. The minimum Gasteiger partial charge on any atom is -0.421 e. The lowest BCUT2D eigenvalue weighted by atomic mass is 10.2. The van der Waals surface area contributed by atoms with E-state index in [0.29, 0.717) is 12.2 Å². The first-order valence-electron chi connectivity index (χ1n) is 8.85. The van der Waals surface area contributed by atoms with Gasteiger partial charge < -0.3 is 14.4 Å². The summed E-state index contributed by atoms with van der Waals surface area (Å²) in [6.07, 6.45) is -7.95. The number of nitrogens with zero attached hydrogens (tertiary/aromatic N) is 3. The molecule has 12 heteroatoms. The Kier molecular flexibility index (Phi) is 5.30. The lowest BCUT2D eigenvalue weighted by Crippen LogP contribution is -2.52. The maximum atomic E-state index is 13.5. The largest absolute Gasteiger partial charge is 0.507 e. The third-order valence-electron chi connectivity index (χ3n) is 4.28. The molecule has 0 saturated heterocycles. The summed E-state index contributed by atoms with van der Waals surface area (Å²) in [6, 6.07) is 6.90. The van der Waals surface area contributed by atoms with E-state index in [-0.39, 0.29) is 4.80 Å². The highest BCUT2D eigenvalue weighted by atomic mass is 32.1. The minimum atomic E-state index is -4.82. The number of aryl methyl sites for hydroxylation is 1. The van der Waals surface area contributed by atoms with Crippen molar-refractivity contribution in [2.24, 2.45) is 4.99 Å². The van der Waals surface area contributed by atoms with Gasteiger partial charge >= 0.3 is 18.2 Å². The Morgan fingerprint density at radius 3 is 2.55 bits per heavy atom. The van der Waals surface area contributed by atoms with Crippen LogP contribution in [0.3, 0.4) is 0 Å². The number of urea groups is 1. The summed E-state index contributed by atoms with van der Waals surface area (Å²) >= 11 is 2.72. The first kappa shape index (κ1) is 21.4. The zero-order valence-corrected chi connectivity index (χ0v) is 17.8. The number of thiophene rings is 1. The fourth-order valence-corrected chi connectivity index (χ4v) is 4.38. The lowest BCUT2D eigenvalue weighted by Gasteiger charge is -2.31. The van der Waals surface area contributed by atoms with Crippen molar-refractivity contribution >= 4 is 28.7 Å². The second-order valence-corrected chi connectivity index (χ2v) is 8.94. The van der Waals surface area contributed by atoms with E-state index in [4.69, 9.17) is 0 Å². The highest BCUT2D eigenvalue weighted by Gasteiger charge is 2.65. The number of fused-ring (bicyclic) bond motifs is 1. The van der Waals surface area contributed by atoms with Crippen LogP contribution in [0, 0.1) is 6.92 Å². The highest BCUT2D eigenvalue weighted by Crippen LogP contribution is 2.47. The number of hydrogen-bond acceptors (Lipinski definition) is 5. The molecule has 31 heavy (non-hydrogen) atoms. The van der Waals surface area contributed by atoms with Crippen LogP contribution in [0.2, 0.25) is 0 Å². The van der Waals surface area contributed by atoms with Gasteiger partial charge in [-0.1, -0.05) is 6.07 Å². The van der Waals surface area contributed by atoms with Gasteiger partial charge in [-0.05, 0) is 30.5 Å². The van der Waals surface area contributed by atoms with Gasteiger partial charge in [-0.25, -0.2) is 4.79 Å². The van der Waals surface area contributed by atoms with Crippen LogP contribution in [0.1, 0.15) is 9.75 Å². The fraction of sp³-hybridized carbons (Fsp3) is 0.263. The van der Waals surface area contributed by atoms with Gasteiger partial charge in [0.1, 0.15) is 0 Å². The van der Waals surface area contributed by atoms with Crippen molar-refractivity contribution < 1.29 is 31.8 Å². The summed E-state index contributed by atoms with van der Waals surface area (Å²) in [4.78, 5) is 20.2. The molecule has 0 unspecified atom stereocenters. The molecule has 0 N–H and O–H groups in total. The summed E-state index contributed by atoms with van der Waals surface area (Å²) < 4.78 is 63.5. The minimum absolute atomic E-state index is 0.286. The van der Waals surface area contributed by atoms with Crippen molar-refractivity contribution in [3.8, 4) is 17.2 Å². The van der Waals surface area contributed by atoms with Crippen molar-refractivity contribution in [2.75, 3.05) is 7.05 Å². The van der Waals surface area contributed by atoms with Crippen LogP contribution in [-0.2, 0) is 6.54 Å². The van der Waals surface area contributed by atoms with Gasteiger partial charge in [0.2, 0.25) is 0 Å². The van der Waals surface area contributed by atoms with Crippen molar-refractivity contribution in [1.82, 2.24) is 9.47 Å². The third-order valence-corrected chi connectivity index (χ3v) is 6.04. The second kappa shape index (κ2) is 7.68. The monoisotopic (exact) mass is 473 g/mol. The number of hydrogen-bond donors (Lipinski definition) is 0. The van der Waals surface area contributed by atoms with Gasteiger partial charge in [0, 0.05) is 29.1 Å². The van der Waals surface area contributed by atoms with Crippen molar-refractivity contribution in [3.63, 3.8) is 0 Å². The van der Waals surface area contributed by atoms with Crippen LogP contribution in [0.15, 0.2) is 46.9 Å². The van der Waals surface area contributed by atoms with Gasteiger partial charge in [-0.3, -0.25) is 4.57 Å². The number of alkyl halides is 4. The third kappa shape index (κ3) is 4.17. The molecule has 0 bridgehead atoms. The summed E-state index contributed by atoms with van der Waals surface area (Å²) in [6.45, 7) is 2.17. The molecule has 0 radical (unpaired) electrons. The van der Waals surface area contributed by atoms with Gasteiger partial charge in [0.05, 0.1) is 12.2 Å². The van der Waals surface area contributed by atoms with Gasteiger partial charge in [-0.2, -0.15) is 22.6 Å². The van der Waals surface area contributed by atoms with Crippen molar-refractivity contribution in [2.45, 2.75) is 25.7 Å². The quantitative estimate of drug-likeness (QED) is 0.502. The molecule has 3 aromatic rings. The predicted molar refractivity (Wildman–Crippen MR) is 106 cm³/mol. The number of thiazole rings is 1. The van der Waals surface area contributed by atoms with E-state index >= 15 is 0 Å². The van der Waals surface area contributed by atoms with Crippen LogP contribution in [0.5, 0.6) is 11.5 Å². The highest BCUT2D eigenvalue weighted by molar-refractivity contribution is 7.10. The summed E-state index contributed by atoms with van der Waals surface area (Å²) in [5, 5.41) is 1.91. The zero-order chi connectivity index (χ0) is 22.4. The maximum absolute atomic E-state index is 13.5. The molecule has 0 atom stereocenters. The van der Waals surface area contributed by atoms with E-state index in [2.05, 4.69) is 14.5 Å². The van der Waals surface area contributed by atoms with E-state index in [1.54, 1.807) is 20.2 Å². The molecule has 0 spiro atoms. The Morgan fingerprint density at radius 1 is 1.16 bits per heavy atom. The molecule has 0 fully saturated rings. The number of halogens is 4. The normalized spacial score (nSPS) is 16.9. The maximum Gasteiger partial charge on any atom is 0.507 e. The predicted octanol–water partition coefficient (Wildman–Crippen LogP) is 5.02. The smallest absolute Gasteiger partial charge is 0.421 e. The summed E-state index contributed by atoms with van der Waals surface area (Å²) in [7, 11) is 1.61. The van der Waals surface area contributed by atoms with Gasteiger partial charge in [0.15, 0.2) is 16.3 Å². The molecule has 2 amide bonds. The molecule has 0 aliphatic carbocycles. The van der Waals surface area contributed by atoms with E-state index in [1.165, 1.54) is 38.2 Å². The standard InChI is InChI=1S/C19H15F4N3O3S2/c1-11-9-26(17(31-11)24-16(27)25(2)10-13-4-3-7-30-13)12-5-6-14-15(8-12)29-19(22,23)18(20,21)28-14/h3-9H,10H2,1-2H3. The number of aromatic nitrogens is 1. The molecule has 2 aromatic heterocycles. The number of rotatable bonds is 3. The first-order valence-corrected chi connectivity index (χ1v) is 10.5. The Balaban J connectivity index is 1.66. The van der Waals surface area contributed by atoms with Crippen molar-refractivity contribution in [3.05, 3.63) is 56.5 Å². The molecule has 1 aliphatic heterocycles. The lowest BCUT2D eigenvalue weighted by molar-refractivity contribution is -0.391. The molecule has 164 valence electrons. The number of carbonyl (C=O) groups is 1. The van der Waals surface area contributed by atoms with Crippen LogP contribution in [0.25, 0.3) is 5.69 Å². The Labute approximate surface area is 181 Å². The average molecular weight is 473 g/mol. The fourth-order valence-electron chi connectivity index (χ4n) is 2.80. The van der Waals surface area contributed by atoms with Crippen LogP contribution in [0.4, 0.5) is 22.4 Å². The molecule has 1 aromatic carbocycles. The molecule has 4 rings (SSSR count). The average Bonchev–Trinajstić information content (AvgIpc) is 3.31. The molecular formula is C19H15F4N3O3S2. The summed E-state index contributed by atoms with van der Waals surface area (Å²) in [5.41, 5.74) is 0.292. The summed E-state index contributed by atoms with van der Waals surface area (Å²) in [5.74, 6) is -1.06. The SMILES string of the molecule is Cc1cn(-c2ccc3c(c2)OC(F)(F)C(F)(F)O3)c(=NC(=O)N(C)Cc2cccs2)s1. The number of amides is 2. The van der Waals surface area contributed by atoms with Gasteiger partial charge in [-0.15, -0.1) is 22.7 Å². The number of carbonyl (C=O) groups excluding carboxylic acids is 1. The molecule has 3 heterocycles. The second-order valence-electron chi connectivity index (χ2n) is 6.69. The van der Waals surface area contributed by atoms with E-state index in [9.17, 15) is 22.4 Å². The topological polar surface area (TPSA) is 56.1 Å². The first-order chi connectivity index (χ1) is 14.6. The molecular weight excluding hydrogens is 458 g/mol. The van der Waals surface area contributed by atoms with Crippen LogP contribution in [-0.4, -0.2) is 34.8 Å². The zero-order valence-electron chi connectivity index (χ0n) is 16.1. The Bertz CT molecular complexity index is 1190. The van der Waals surface area contributed by atoms with Crippen LogP contribution >= 0.6 is 22.7 Å². The Morgan fingerprint density at radius 2 is 1.87 bits per heavy atom. The number of benzene rings is 1. The molecule has 1 aliphatic rings. The Hall–Kier alpha value is -2.86. The van der Waals surface area contributed by atoms with E-state index in [1.807, 2.05) is 17.5 Å². The number of ether oxygens (including phenoxy) is 2. The van der Waals surface area contributed by atoms with E-state index < -0.39 is 29.7 Å². The molecule has 0 saturated carbocycles. The van der Waals surface area contributed by atoms with Crippen LogP contribution < -0.4 is 14.3 Å². The van der Waals surface area contributed by atoms with Gasteiger partial charge in [0.25, 0.3) is 0 Å².